The molecule has 0 saturated carbocycles. The molecule has 0 radical (unpaired) electrons. The zero-order valence-corrected chi connectivity index (χ0v) is 11.2. The first-order valence-corrected chi connectivity index (χ1v) is 6.94. The van der Waals surface area contributed by atoms with Gasteiger partial charge in [0.05, 0.1) is 5.69 Å². The Hall–Kier alpha value is -0.980. The molecule has 0 bridgehead atoms. The molecule has 0 spiro atoms. The molecular formula is C11H19N3O2S. The number of pyridine rings is 1. The summed E-state index contributed by atoms with van der Waals surface area (Å²) in [6.45, 7) is 4.53. The second-order valence-electron chi connectivity index (χ2n) is 4.33. The summed E-state index contributed by atoms with van der Waals surface area (Å²) in [4.78, 5) is 4.19. The minimum absolute atomic E-state index is 0.116. The highest BCUT2D eigenvalue weighted by Gasteiger charge is 2.24. The second kappa shape index (κ2) is 5.57. The van der Waals surface area contributed by atoms with E-state index in [2.05, 4.69) is 4.98 Å². The lowest BCUT2D eigenvalue weighted by Gasteiger charge is -2.20. The maximum atomic E-state index is 12.3. The average molecular weight is 257 g/mol. The molecule has 0 aliphatic carbocycles. The topological polar surface area (TPSA) is 76.3 Å². The van der Waals surface area contributed by atoms with Crippen molar-refractivity contribution >= 4 is 10.0 Å². The maximum absolute atomic E-state index is 12.3. The monoisotopic (exact) mass is 257 g/mol. The van der Waals surface area contributed by atoms with Gasteiger partial charge in [-0.25, -0.2) is 12.7 Å². The van der Waals surface area contributed by atoms with E-state index in [1.54, 1.807) is 25.4 Å². The summed E-state index contributed by atoms with van der Waals surface area (Å²) in [5.74, 6) is 0.271. The fraction of sp³-hybridized carbons (Fsp3) is 0.545. The van der Waals surface area contributed by atoms with Gasteiger partial charge in [-0.15, -0.1) is 0 Å². The van der Waals surface area contributed by atoms with Crippen molar-refractivity contribution in [2.45, 2.75) is 25.3 Å². The van der Waals surface area contributed by atoms with Crippen LogP contribution in [0.1, 0.15) is 19.5 Å². The van der Waals surface area contributed by atoms with Crippen molar-refractivity contribution in [3.8, 4) is 0 Å². The van der Waals surface area contributed by atoms with Crippen LogP contribution in [-0.2, 0) is 16.6 Å². The smallest absolute Gasteiger partial charge is 0.244 e. The Morgan fingerprint density at radius 1 is 1.47 bits per heavy atom. The number of hydrogen-bond acceptors (Lipinski definition) is 4. The number of nitrogens with two attached hydrogens (primary N) is 1. The number of aromatic nitrogens is 1. The zero-order chi connectivity index (χ0) is 13.1. The Morgan fingerprint density at radius 3 is 2.65 bits per heavy atom. The van der Waals surface area contributed by atoms with Crippen LogP contribution in [-0.4, -0.2) is 31.3 Å². The molecule has 0 aromatic carbocycles. The van der Waals surface area contributed by atoms with E-state index in [-0.39, 0.29) is 17.4 Å². The Bertz CT molecular complexity index is 471. The first-order chi connectivity index (χ1) is 7.89. The van der Waals surface area contributed by atoms with Crippen molar-refractivity contribution in [3.05, 3.63) is 24.0 Å². The molecule has 5 nitrogen and oxygen atoms in total. The molecule has 0 saturated heterocycles. The van der Waals surface area contributed by atoms with Crippen LogP contribution in [0.3, 0.4) is 0 Å². The van der Waals surface area contributed by atoms with Crippen molar-refractivity contribution in [1.29, 1.82) is 0 Å². The van der Waals surface area contributed by atoms with E-state index in [1.807, 2.05) is 13.8 Å². The van der Waals surface area contributed by atoms with Gasteiger partial charge in [0.15, 0.2) is 0 Å². The quantitative estimate of drug-likeness (QED) is 0.847. The summed E-state index contributed by atoms with van der Waals surface area (Å²) in [5, 5.41) is 0. The lowest BCUT2D eigenvalue weighted by atomic mass is 10.2. The molecular weight excluding hydrogens is 238 g/mol. The minimum atomic E-state index is -3.49. The predicted molar refractivity (Wildman–Crippen MR) is 66.8 cm³/mol. The van der Waals surface area contributed by atoms with E-state index in [4.69, 9.17) is 5.73 Å². The fourth-order valence-electron chi connectivity index (χ4n) is 1.59. The largest absolute Gasteiger partial charge is 0.325 e. The molecule has 1 aromatic heterocycles. The van der Waals surface area contributed by atoms with E-state index < -0.39 is 10.0 Å². The van der Waals surface area contributed by atoms with E-state index in [1.165, 1.54) is 4.31 Å². The van der Waals surface area contributed by atoms with Gasteiger partial charge in [0.2, 0.25) is 10.0 Å². The molecule has 2 N–H and O–H groups in total. The Morgan fingerprint density at radius 2 is 2.12 bits per heavy atom. The van der Waals surface area contributed by atoms with Gasteiger partial charge in [-0.1, -0.05) is 13.8 Å². The zero-order valence-electron chi connectivity index (χ0n) is 10.4. The van der Waals surface area contributed by atoms with Crippen LogP contribution in [0.4, 0.5) is 0 Å². The highest BCUT2D eigenvalue weighted by molar-refractivity contribution is 7.89. The average Bonchev–Trinajstić information content (AvgIpc) is 2.28. The molecule has 0 atom stereocenters. The molecule has 0 fully saturated rings. The van der Waals surface area contributed by atoms with Gasteiger partial charge in [-0.3, -0.25) is 4.98 Å². The first kappa shape index (κ1) is 14.1. The number of hydrogen-bond donors (Lipinski definition) is 1. The van der Waals surface area contributed by atoms with Gasteiger partial charge >= 0.3 is 0 Å². The van der Waals surface area contributed by atoms with Gasteiger partial charge in [0, 0.05) is 26.3 Å². The van der Waals surface area contributed by atoms with Crippen molar-refractivity contribution in [2.24, 2.45) is 11.7 Å². The van der Waals surface area contributed by atoms with E-state index in [9.17, 15) is 8.42 Å². The highest BCUT2D eigenvalue weighted by Crippen LogP contribution is 2.17. The van der Waals surface area contributed by atoms with Gasteiger partial charge < -0.3 is 5.73 Å². The molecule has 1 heterocycles. The van der Waals surface area contributed by atoms with Crippen LogP contribution in [0.2, 0.25) is 0 Å². The van der Waals surface area contributed by atoms with Crippen LogP contribution in [0.15, 0.2) is 23.2 Å². The van der Waals surface area contributed by atoms with Crippen LogP contribution in [0.25, 0.3) is 0 Å². The first-order valence-electron chi connectivity index (χ1n) is 5.50. The Balaban J connectivity index is 3.13. The van der Waals surface area contributed by atoms with Crippen molar-refractivity contribution < 1.29 is 8.42 Å². The fourth-order valence-corrected chi connectivity index (χ4v) is 3.11. The predicted octanol–water partition coefficient (Wildman–Crippen LogP) is 0.817. The summed E-state index contributed by atoms with van der Waals surface area (Å²) < 4.78 is 25.9. The number of nitrogens with zero attached hydrogens (tertiary/aromatic N) is 2. The molecule has 6 heteroatoms. The summed E-state index contributed by atoms with van der Waals surface area (Å²) >= 11 is 0. The summed E-state index contributed by atoms with van der Waals surface area (Å²) in [5.41, 5.74) is 5.91. The minimum Gasteiger partial charge on any atom is -0.325 e. The standard InChI is InChI=1S/C11H19N3O2S/c1-9(2)8-14(3)17(15,16)11-5-4-6-13-10(11)7-12/h4-6,9H,7-8,12H2,1-3H3. The third-order valence-corrected chi connectivity index (χ3v) is 4.25. The van der Waals surface area contributed by atoms with Gasteiger partial charge in [0.1, 0.15) is 4.90 Å². The van der Waals surface area contributed by atoms with E-state index in [0.717, 1.165) is 0 Å². The lowest BCUT2D eigenvalue weighted by molar-refractivity contribution is 0.416. The summed E-state index contributed by atoms with van der Waals surface area (Å²) in [6, 6.07) is 3.15. The van der Waals surface area contributed by atoms with E-state index >= 15 is 0 Å². The molecule has 17 heavy (non-hydrogen) atoms. The SMILES string of the molecule is CC(C)CN(C)S(=O)(=O)c1cccnc1CN. The number of sulfonamides is 1. The Kier molecular flexibility index (Phi) is 4.62. The van der Waals surface area contributed by atoms with Crippen LogP contribution in [0.5, 0.6) is 0 Å². The highest BCUT2D eigenvalue weighted by atomic mass is 32.2. The summed E-state index contributed by atoms with van der Waals surface area (Å²) in [6.07, 6.45) is 1.55. The third kappa shape index (κ3) is 3.24. The summed E-state index contributed by atoms with van der Waals surface area (Å²) in [7, 11) is -1.91. The van der Waals surface area contributed by atoms with Gasteiger partial charge in [-0.2, -0.15) is 0 Å². The van der Waals surface area contributed by atoms with Crippen LogP contribution < -0.4 is 5.73 Å². The van der Waals surface area contributed by atoms with Crippen LogP contribution in [0, 0.1) is 5.92 Å². The molecule has 0 aliphatic rings. The van der Waals surface area contributed by atoms with Crippen molar-refractivity contribution in [2.75, 3.05) is 13.6 Å². The normalized spacial score (nSPS) is 12.4. The maximum Gasteiger partial charge on any atom is 0.244 e. The second-order valence-corrected chi connectivity index (χ2v) is 6.35. The lowest BCUT2D eigenvalue weighted by Crippen LogP contribution is -2.31. The third-order valence-electron chi connectivity index (χ3n) is 2.35. The van der Waals surface area contributed by atoms with Gasteiger partial charge in [-0.05, 0) is 18.1 Å². The molecule has 1 aromatic rings. The Labute approximate surface area is 103 Å². The molecule has 0 unspecified atom stereocenters. The molecule has 96 valence electrons. The van der Waals surface area contributed by atoms with Crippen molar-refractivity contribution in [1.82, 2.24) is 9.29 Å². The van der Waals surface area contributed by atoms with Crippen molar-refractivity contribution in [3.63, 3.8) is 0 Å². The molecule has 1 rings (SSSR count). The molecule has 0 amide bonds. The molecule has 0 aliphatic heterocycles. The number of rotatable bonds is 5. The van der Waals surface area contributed by atoms with E-state index in [0.29, 0.717) is 12.2 Å². The van der Waals surface area contributed by atoms with Gasteiger partial charge in [0.25, 0.3) is 0 Å². The van der Waals surface area contributed by atoms with Crippen LogP contribution >= 0.6 is 0 Å².